The Morgan fingerprint density at radius 1 is 1.26 bits per heavy atom. The molecule has 2 aliphatic rings. The van der Waals surface area contributed by atoms with E-state index in [2.05, 4.69) is 10.6 Å². The third-order valence-electron chi connectivity index (χ3n) is 5.60. The fourth-order valence-electron chi connectivity index (χ4n) is 4.11. The minimum atomic E-state index is -1.11. The number of thiophene rings is 1. The lowest BCUT2D eigenvalue weighted by Gasteiger charge is -2.22. The van der Waals surface area contributed by atoms with Gasteiger partial charge < -0.3 is 15.4 Å². The molecular weight excluding hydrogens is 418 g/mol. The molecule has 4 rings (SSSR count). The van der Waals surface area contributed by atoms with Crippen LogP contribution in [-0.4, -0.2) is 41.9 Å². The van der Waals surface area contributed by atoms with E-state index in [0.717, 1.165) is 20.9 Å². The number of nitrogens with one attached hydrogen (secondary N) is 2. The maximum absolute atomic E-state index is 13.2. The summed E-state index contributed by atoms with van der Waals surface area (Å²) in [6, 6.07) is 8.61. The third kappa shape index (κ3) is 3.59. The van der Waals surface area contributed by atoms with Gasteiger partial charge >= 0.3 is 12.0 Å². The lowest BCUT2D eigenvalue weighted by atomic mass is 9.92. The van der Waals surface area contributed by atoms with Crippen molar-refractivity contribution >= 4 is 40.2 Å². The van der Waals surface area contributed by atoms with Crippen LogP contribution in [0.2, 0.25) is 0 Å². The van der Waals surface area contributed by atoms with Crippen LogP contribution in [0.1, 0.15) is 46.6 Å². The monoisotopic (exact) mass is 441 g/mol. The van der Waals surface area contributed by atoms with Crippen LogP contribution in [0.15, 0.2) is 30.3 Å². The van der Waals surface area contributed by atoms with Gasteiger partial charge in [0.1, 0.15) is 17.1 Å². The van der Waals surface area contributed by atoms with Gasteiger partial charge in [-0.15, -0.1) is 11.3 Å². The Labute approximate surface area is 183 Å². The molecule has 0 radical (unpaired) electrons. The summed E-state index contributed by atoms with van der Waals surface area (Å²) in [7, 11) is 0. The molecular formula is C22H23N3O5S. The molecule has 2 heterocycles. The number of aryl methyl sites for hydroxylation is 2. The normalized spacial score (nSPS) is 19.5. The van der Waals surface area contributed by atoms with Gasteiger partial charge in [0.15, 0.2) is 0 Å². The molecule has 162 valence electrons. The first-order chi connectivity index (χ1) is 14.9. The second-order valence-electron chi connectivity index (χ2n) is 7.46. The predicted molar refractivity (Wildman–Crippen MR) is 115 cm³/mol. The largest absolute Gasteiger partial charge is 0.462 e. The van der Waals surface area contributed by atoms with Gasteiger partial charge in [0.2, 0.25) is 5.91 Å². The molecule has 31 heavy (non-hydrogen) atoms. The topological polar surface area (TPSA) is 105 Å². The zero-order chi connectivity index (χ0) is 22.2. The highest BCUT2D eigenvalue weighted by atomic mass is 32.1. The van der Waals surface area contributed by atoms with Crippen molar-refractivity contribution in [2.45, 2.75) is 38.6 Å². The van der Waals surface area contributed by atoms with E-state index >= 15 is 0 Å². The number of nitrogens with zero attached hydrogens (tertiary/aromatic N) is 1. The van der Waals surface area contributed by atoms with Crippen LogP contribution in [0, 0.1) is 0 Å². The molecule has 1 aliphatic carbocycles. The quantitative estimate of drug-likeness (QED) is 0.530. The molecule has 1 atom stereocenters. The van der Waals surface area contributed by atoms with Crippen molar-refractivity contribution in [3.63, 3.8) is 0 Å². The molecule has 1 saturated heterocycles. The number of anilines is 1. The molecule has 1 aromatic carbocycles. The Hall–Kier alpha value is -3.20. The third-order valence-corrected chi connectivity index (χ3v) is 6.80. The number of benzene rings is 1. The van der Waals surface area contributed by atoms with Crippen LogP contribution in [0.5, 0.6) is 0 Å². The average Bonchev–Trinajstić information content (AvgIpc) is 3.40. The Balaban J connectivity index is 1.51. The molecule has 1 aromatic heterocycles. The fourth-order valence-corrected chi connectivity index (χ4v) is 5.11. The van der Waals surface area contributed by atoms with Gasteiger partial charge in [-0.3, -0.25) is 14.5 Å². The molecule has 1 unspecified atom stereocenters. The van der Waals surface area contributed by atoms with Gasteiger partial charge in [-0.1, -0.05) is 31.2 Å². The standard InChI is InChI=1S/C22H23N3O5S/c1-3-14-11-15(19(27)30-4-2)18(31-14)23-17(26)12-25-20(28)22(24-21(25)29)10-9-13-7-5-6-8-16(13)22/h5-8,11H,3-4,9-10,12H2,1-2H3,(H,23,26)(H,24,29). The number of imide groups is 1. The molecule has 1 aliphatic heterocycles. The molecule has 1 spiro atoms. The number of ether oxygens (including phenoxy) is 1. The van der Waals surface area contributed by atoms with Crippen molar-refractivity contribution < 1.29 is 23.9 Å². The Morgan fingerprint density at radius 3 is 2.77 bits per heavy atom. The van der Waals surface area contributed by atoms with Gasteiger partial charge in [-0.25, -0.2) is 9.59 Å². The van der Waals surface area contributed by atoms with Crippen molar-refractivity contribution in [2.75, 3.05) is 18.5 Å². The van der Waals surface area contributed by atoms with E-state index in [0.29, 0.717) is 24.3 Å². The number of hydrogen-bond acceptors (Lipinski definition) is 6. The molecule has 2 aromatic rings. The summed E-state index contributed by atoms with van der Waals surface area (Å²) in [4.78, 5) is 52.6. The minimum absolute atomic E-state index is 0.218. The summed E-state index contributed by atoms with van der Waals surface area (Å²) >= 11 is 1.27. The number of carbonyl (C=O) groups is 4. The zero-order valence-electron chi connectivity index (χ0n) is 17.3. The Morgan fingerprint density at radius 2 is 2.03 bits per heavy atom. The van der Waals surface area contributed by atoms with Crippen LogP contribution in [-0.2, 0) is 32.7 Å². The van der Waals surface area contributed by atoms with Gasteiger partial charge in [-0.05, 0) is 43.4 Å². The summed E-state index contributed by atoms with van der Waals surface area (Å²) in [5.41, 5.74) is 0.969. The first kappa shape index (κ1) is 21.0. The molecule has 4 amide bonds. The number of amides is 4. The average molecular weight is 442 g/mol. The van der Waals surface area contributed by atoms with Gasteiger partial charge in [0, 0.05) is 4.88 Å². The second kappa shape index (κ2) is 8.14. The summed E-state index contributed by atoms with van der Waals surface area (Å²) in [5, 5.41) is 5.83. The zero-order valence-corrected chi connectivity index (χ0v) is 18.1. The van der Waals surface area contributed by atoms with E-state index in [1.165, 1.54) is 11.3 Å². The van der Waals surface area contributed by atoms with E-state index in [1.807, 2.05) is 31.2 Å². The lowest BCUT2D eigenvalue weighted by molar-refractivity contribution is -0.134. The predicted octanol–water partition coefficient (Wildman–Crippen LogP) is 2.82. The van der Waals surface area contributed by atoms with Crippen molar-refractivity contribution in [1.82, 2.24) is 10.2 Å². The minimum Gasteiger partial charge on any atom is -0.462 e. The highest BCUT2D eigenvalue weighted by Crippen LogP contribution is 2.41. The number of esters is 1. The van der Waals surface area contributed by atoms with E-state index in [4.69, 9.17) is 4.74 Å². The van der Waals surface area contributed by atoms with Crippen molar-refractivity contribution in [1.29, 1.82) is 0 Å². The van der Waals surface area contributed by atoms with E-state index in [-0.39, 0.29) is 12.2 Å². The van der Waals surface area contributed by atoms with E-state index in [9.17, 15) is 19.2 Å². The Bertz CT molecular complexity index is 1080. The molecule has 8 nitrogen and oxygen atoms in total. The van der Waals surface area contributed by atoms with Crippen LogP contribution < -0.4 is 10.6 Å². The van der Waals surface area contributed by atoms with E-state index in [1.54, 1.807) is 13.0 Å². The van der Waals surface area contributed by atoms with Crippen LogP contribution in [0.4, 0.5) is 9.80 Å². The van der Waals surface area contributed by atoms with Crippen LogP contribution in [0.3, 0.4) is 0 Å². The van der Waals surface area contributed by atoms with Crippen LogP contribution in [0.25, 0.3) is 0 Å². The number of carbonyl (C=O) groups excluding carboxylic acids is 4. The molecule has 9 heteroatoms. The number of urea groups is 1. The maximum Gasteiger partial charge on any atom is 0.341 e. The smallest absolute Gasteiger partial charge is 0.341 e. The summed E-state index contributed by atoms with van der Waals surface area (Å²) in [5.74, 6) is -1.50. The van der Waals surface area contributed by atoms with E-state index < -0.39 is 35.9 Å². The summed E-state index contributed by atoms with van der Waals surface area (Å²) < 4.78 is 5.06. The SMILES string of the molecule is CCOC(=O)c1cc(CC)sc1NC(=O)CN1C(=O)NC2(CCc3ccccc32)C1=O. The van der Waals surface area contributed by atoms with Gasteiger partial charge in [0.05, 0.1) is 12.2 Å². The number of fused-ring (bicyclic) bond motifs is 2. The fraction of sp³-hybridized carbons (Fsp3) is 0.364. The Kier molecular flexibility index (Phi) is 5.53. The van der Waals surface area contributed by atoms with Crippen molar-refractivity contribution in [2.24, 2.45) is 0 Å². The second-order valence-corrected chi connectivity index (χ2v) is 8.60. The summed E-state index contributed by atoms with van der Waals surface area (Å²) in [6.07, 6.45) is 1.84. The highest BCUT2D eigenvalue weighted by molar-refractivity contribution is 7.16. The summed E-state index contributed by atoms with van der Waals surface area (Å²) in [6.45, 7) is 3.43. The lowest BCUT2D eigenvalue weighted by Crippen LogP contribution is -2.43. The van der Waals surface area contributed by atoms with Gasteiger partial charge in [-0.2, -0.15) is 0 Å². The van der Waals surface area contributed by atoms with Crippen molar-refractivity contribution in [3.05, 3.63) is 51.9 Å². The van der Waals surface area contributed by atoms with Crippen molar-refractivity contribution in [3.8, 4) is 0 Å². The van der Waals surface area contributed by atoms with Gasteiger partial charge in [0.25, 0.3) is 5.91 Å². The first-order valence-corrected chi connectivity index (χ1v) is 11.0. The molecule has 2 N–H and O–H groups in total. The number of hydrogen-bond donors (Lipinski definition) is 2. The highest BCUT2D eigenvalue weighted by Gasteiger charge is 2.55. The maximum atomic E-state index is 13.2. The molecule has 1 fully saturated rings. The molecule has 0 saturated carbocycles. The first-order valence-electron chi connectivity index (χ1n) is 10.2. The number of rotatable bonds is 6. The molecule has 0 bridgehead atoms. The van der Waals surface area contributed by atoms with Crippen LogP contribution >= 0.6 is 11.3 Å².